The van der Waals surface area contributed by atoms with Crippen LogP contribution in [0.5, 0.6) is 0 Å². The average Bonchev–Trinajstić information content (AvgIpc) is 3.14. The topological polar surface area (TPSA) is 75.9 Å². The highest BCUT2D eigenvalue weighted by molar-refractivity contribution is 7.13. The molecule has 3 rings (SSSR count). The molecule has 3 heterocycles. The highest BCUT2D eigenvalue weighted by atomic mass is 32.1. The summed E-state index contributed by atoms with van der Waals surface area (Å²) in [5, 5.41) is 15.1. The maximum absolute atomic E-state index is 12.0. The number of nitrogens with one attached hydrogen (secondary N) is 1. The van der Waals surface area contributed by atoms with Gasteiger partial charge in [-0.15, -0.1) is 10.2 Å². The minimum atomic E-state index is -0.0332. The van der Waals surface area contributed by atoms with Gasteiger partial charge in [0, 0.05) is 18.4 Å². The van der Waals surface area contributed by atoms with E-state index >= 15 is 0 Å². The van der Waals surface area contributed by atoms with Gasteiger partial charge in [0.2, 0.25) is 11.0 Å². The Hall–Kier alpha value is -1.80. The lowest BCUT2D eigenvalue weighted by molar-refractivity contribution is -0.117. The second-order valence-corrected chi connectivity index (χ2v) is 5.62. The molecule has 0 spiro atoms. The zero-order valence-electron chi connectivity index (χ0n) is 11.0. The van der Waals surface area contributed by atoms with E-state index in [1.807, 2.05) is 16.9 Å². The largest absolute Gasteiger partial charge is 0.299 e. The Bertz CT molecular complexity index is 540. The zero-order valence-corrected chi connectivity index (χ0v) is 11.8. The number of amides is 1. The van der Waals surface area contributed by atoms with Crippen LogP contribution >= 0.6 is 11.3 Å². The molecule has 1 amide bonds. The van der Waals surface area contributed by atoms with Gasteiger partial charge in [0.1, 0.15) is 5.51 Å². The SMILES string of the molecule is O=C(CN1CCC[C@H]1Cn1cccn1)Nc1nncs1. The molecule has 8 heteroatoms. The summed E-state index contributed by atoms with van der Waals surface area (Å²) in [6.07, 6.45) is 5.96. The van der Waals surface area contributed by atoms with Gasteiger partial charge >= 0.3 is 0 Å². The first kappa shape index (κ1) is 13.2. The lowest BCUT2D eigenvalue weighted by Crippen LogP contribution is -2.39. The molecule has 0 bridgehead atoms. The first-order valence-electron chi connectivity index (χ1n) is 6.59. The van der Waals surface area contributed by atoms with Crippen LogP contribution < -0.4 is 5.32 Å². The summed E-state index contributed by atoms with van der Waals surface area (Å²) in [5.74, 6) is -0.0332. The average molecular weight is 292 g/mol. The fourth-order valence-corrected chi connectivity index (χ4v) is 2.97. The second kappa shape index (κ2) is 6.10. The van der Waals surface area contributed by atoms with Gasteiger partial charge in [-0.1, -0.05) is 11.3 Å². The summed E-state index contributed by atoms with van der Waals surface area (Å²) in [6, 6.07) is 2.29. The summed E-state index contributed by atoms with van der Waals surface area (Å²) >= 11 is 1.33. The van der Waals surface area contributed by atoms with Crippen LogP contribution in [-0.4, -0.2) is 49.9 Å². The molecular formula is C12H16N6OS. The van der Waals surface area contributed by atoms with Gasteiger partial charge in [0.15, 0.2) is 0 Å². The molecular weight excluding hydrogens is 276 g/mol. The Balaban J connectivity index is 1.54. The third-order valence-electron chi connectivity index (χ3n) is 3.41. The van der Waals surface area contributed by atoms with Crippen LogP contribution in [0.15, 0.2) is 24.0 Å². The lowest BCUT2D eigenvalue weighted by atomic mass is 10.2. The van der Waals surface area contributed by atoms with Crippen LogP contribution in [0, 0.1) is 0 Å². The summed E-state index contributed by atoms with van der Waals surface area (Å²) in [4.78, 5) is 14.2. The van der Waals surface area contributed by atoms with E-state index in [-0.39, 0.29) is 5.91 Å². The molecule has 2 aromatic heterocycles. The van der Waals surface area contributed by atoms with Crippen LogP contribution in [0.2, 0.25) is 0 Å². The quantitative estimate of drug-likeness (QED) is 0.883. The summed E-state index contributed by atoms with van der Waals surface area (Å²) < 4.78 is 1.92. The van der Waals surface area contributed by atoms with Gasteiger partial charge in [0.05, 0.1) is 13.1 Å². The van der Waals surface area contributed by atoms with Gasteiger partial charge in [-0.2, -0.15) is 5.10 Å². The monoisotopic (exact) mass is 292 g/mol. The third-order valence-corrected chi connectivity index (χ3v) is 4.02. The fourth-order valence-electron chi connectivity index (χ4n) is 2.51. The first-order valence-corrected chi connectivity index (χ1v) is 7.47. The summed E-state index contributed by atoms with van der Waals surface area (Å²) in [7, 11) is 0. The number of rotatable bonds is 5. The van der Waals surface area contributed by atoms with Crippen molar-refractivity contribution < 1.29 is 4.79 Å². The number of carbonyl (C=O) groups excluding carboxylic acids is 1. The molecule has 0 radical (unpaired) electrons. The smallest absolute Gasteiger partial charge is 0.240 e. The number of hydrogen-bond donors (Lipinski definition) is 1. The van der Waals surface area contributed by atoms with Crippen molar-refractivity contribution in [3.8, 4) is 0 Å². The molecule has 1 fully saturated rings. The maximum atomic E-state index is 12.0. The van der Waals surface area contributed by atoms with E-state index in [1.54, 1.807) is 11.7 Å². The Morgan fingerprint density at radius 3 is 3.25 bits per heavy atom. The van der Waals surface area contributed by atoms with E-state index in [0.29, 0.717) is 17.7 Å². The molecule has 1 aliphatic rings. The molecule has 1 aliphatic heterocycles. The molecule has 20 heavy (non-hydrogen) atoms. The van der Waals surface area contributed by atoms with E-state index in [0.717, 1.165) is 25.9 Å². The number of anilines is 1. The zero-order chi connectivity index (χ0) is 13.8. The van der Waals surface area contributed by atoms with Crippen molar-refractivity contribution >= 4 is 22.4 Å². The van der Waals surface area contributed by atoms with E-state index in [1.165, 1.54) is 11.3 Å². The molecule has 1 atom stereocenters. The minimum Gasteiger partial charge on any atom is -0.299 e. The standard InChI is InChI=1S/C12H16N6OS/c19-11(15-12-16-13-9-20-12)8-17-5-1-3-10(17)7-18-6-2-4-14-18/h2,4,6,9-10H,1,3,5,7-8H2,(H,15,16,19)/t10-/m0/s1. The fraction of sp³-hybridized carbons (Fsp3) is 0.500. The molecule has 7 nitrogen and oxygen atoms in total. The highest BCUT2D eigenvalue weighted by Crippen LogP contribution is 2.18. The normalized spacial score (nSPS) is 19.3. The van der Waals surface area contributed by atoms with Gasteiger partial charge in [-0.25, -0.2) is 0 Å². The van der Waals surface area contributed by atoms with Gasteiger partial charge in [0.25, 0.3) is 0 Å². The molecule has 0 unspecified atom stereocenters. The molecule has 0 aromatic carbocycles. The predicted octanol–water partition coefficient (Wildman–Crippen LogP) is 0.838. The van der Waals surface area contributed by atoms with Gasteiger partial charge in [-0.3, -0.25) is 19.7 Å². The lowest BCUT2D eigenvalue weighted by Gasteiger charge is -2.23. The van der Waals surface area contributed by atoms with Crippen molar-refractivity contribution in [3.63, 3.8) is 0 Å². The van der Waals surface area contributed by atoms with Crippen molar-refractivity contribution in [2.75, 3.05) is 18.4 Å². The molecule has 0 saturated carbocycles. The Morgan fingerprint density at radius 1 is 1.55 bits per heavy atom. The summed E-state index contributed by atoms with van der Waals surface area (Å²) in [5.41, 5.74) is 1.60. The highest BCUT2D eigenvalue weighted by Gasteiger charge is 2.26. The number of aromatic nitrogens is 4. The maximum Gasteiger partial charge on any atom is 0.240 e. The molecule has 0 aliphatic carbocycles. The van der Waals surface area contributed by atoms with Crippen LogP contribution in [0.25, 0.3) is 0 Å². The number of hydrogen-bond acceptors (Lipinski definition) is 6. The van der Waals surface area contributed by atoms with Crippen molar-refractivity contribution in [3.05, 3.63) is 24.0 Å². The molecule has 1 N–H and O–H groups in total. The second-order valence-electron chi connectivity index (χ2n) is 4.79. The van der Waals surface area contributed by atoms with Crippen LogP contribution in [0.1, 0.15) is 12.8 Å². The molecule has 2 aromatic rings. The van der Waals surface area contributed by atoms with E-state index in [4.69, 9.17) is 0 Å². The van der Waals surface area contributed by atoms with Crippen molar-refractivity contribution in [2.45, 2.75) is 25.4 Å². The number of carbonyl (C=O) groups is 1. The van der Waals surface area contributed by atoms with Crippen LogP contribution in [0.4, 0.5) is 5.13 Å². The number of nitrogens with zero attached hydrogens (tertiary/aromatic N) is 5. The molecule has 106 valence electrons. The van der Waals surface area contributed by atoms with E-state index < -0.39 is 0 Å². The first-order chi connectivity index (χ1) is 9.81. The van der Waals surface area contributed by atoms with Crippen LogP contribution in [0.3, 0.4) is 0 Å². The Kier molecular flexibility index (Phi) is 4.03. The van der Waals surface area contributed by atoms with Crippen molar-refractivity contribution in [1.82, 2.24) is 24.9 Å². The van der Waals surface area contributed by atoms with E-state index in [2.05, 4.69) is 25.5 Å². The number of likely N-dealkylation sites (tertiary alicyclic amines) is 1. The van der Waals surface area contributed by atoms with Gasteiger partial charge < -0.3 is 0 Å². The predicted molar refractivity (Wildman–Crippen MR) is 75.4 cm³/mol. The van der Waals surface area contributed by atoms with Crippen LogP contribution in [-0.2, 0) is 11.3 Å². The van der Waals surface area contributed by atoms with Crippen molar-refractivity contribution in [2.24, 2.45) is 0 Å². The molecule has 1 saturated heterocycles. The van der Waals surface area contributed by atoms with Gasteiger partial charge in [-0.05, 0) is 25.5 Å². The third kappa shape index (κ3) is 3.20. The minimum absolute atomic E-state index is 0.0332. The Morgan fingerprint density at radius 2 is 2.50 bits per heavy atom. The summed E-state index contributed by atoms with van der Waals surface area (Å²) in [6.45, 7) is 2.18. The van der Waals surface area contributed by atoms with Crippen molar-refractivity contribution in [1.29, 1.82) is 0 Å². The Labute approximate surface area is 120 Å². The van der Waals surface area contributed by atoms with E-state index in [9.17, 15) is 4.79 Å².